The third kappa shape index (κ3) is 2.79. The maximum atomic E-state index is 12.5. The molecule has 0 aromatic rings. The molecule has 1 aliphatic heterocycles. The molecule has 0 aromatic heterocycles. The van der Waals surface area contributed by atoms with E-state index in [2.05, 4.69) is 19.6 Å². The smallest absolute Gasteiger partial charge is 0.310 e. The van der Waals surface area contributed by atoms with Gasteiger partial charge in [-0.3, -0.25) is 9.36 Å². The molecular weight excluding hydrogens is 248 g/mol. The van der Waals surface area contributed by atoms with Gasteiger partial charge in [-0.1, -0.05) is 46.2 Å². The van der Waals surface area contributed by atoms with E-state index in [0.29, 0.717) is 6.54 Å². The van der Waals surface area contributed by atoms with E-state index in [0.717, 1.165) is 0 Å². The van der Waals surface area contributed by atoms with Gasteiger partial charge in [0.15, 0.2) is 16.5 Å². The summed E-state index contributed by atoms with van der Waals surface area (Å²) in [6.45, 7) is 15.1. The summed E-state index contributed by atoms with van der Waals surface area (Å²) >= 11 is 0. The Morgan fingerprint density at radius 1 is 1.00 bits per heavy atom. The Morgan fingerprint density at radius 3 is 1.82 bits per heavy atom. The molecule has 1 atom stereocenters. The van der Waals surface area contributed by atoms with Crippen LogP contribution >= 0.6 is 0 Å². The van der Waals surface area contributed by atoms with Gasteiger partial charge in [-0.2, -0.15) is 0 Å². The monoisotopic (exact) mass is 272 g/mol. The first-order chi connectivity index (χ1) is 7.46. The molecule has 1 fully saturated rings. The van der Waals surface area contributed by atoms with Crippen LogP contribution in [0.3, 0.4) is 0 Å². The Hall–Kier alpha value is -0.626. The van der Waals surface area contributed by atoms with Crippen LogP contribution in [0.2, 0.25) is 39.3 Å². The van der Waals surface area contributed by atoms with Crippen molar-refractivity contribution in [2.24, 2.45) is 5.92 Å². The first-order valence-corrected chi connectivity index (χ1v) is 13.0. The lowest BCUT2D eigenvalue weighted by molar-refractivity contribution is -0.130. The van der Waals surface area contributed by atoms with Gasteiger partial charge in [0.2, 0.25) is 5.91 Å². The van der Waals surface area contributed by atoms with Crippen molar-refractivity contribution >= 4 is 28.4 Å². The topological polar surface area (TPSA) is 40.6 Å². The highest BCUT2D eigenvalue weighted by molar-refractivity contribution is 6.80. The highest BCUT2D eigenvalue weighted by atomic mass is 28.3. The molecule has 98 valence electrons. The number of rotatable bonds is 2. The van der Waals surface area contributed by atoms with Gasteiger partial charge in [-0.05, 0) is 0 Å². The zero-order valence-corrected chi connectivity index (χ0v) is 14.0. The molecule has 1 heterocycles. The van der Waals surface area contributed by atoms with Crippen LogP contribution in [0.15, 0.2) is 0 Å². The molecular formula is C11H24N2O2Si2. The number of urea groups is 1. The van der Waals surface area contributed by atoms with Crippen LogP contribution in [-0.4, -0.2) is 44.1 Å². The summed E-state index contributed by atoms with van der Waals surface area (Å²) in [7, 11) is -3.63. The quantitative estimate of drug-likeness (QED) is 0.725. The Bertz CT molecular complexity index is 344. The SMILES string of the molecule is CC1CN([Si](C)(C)C)C(=O)N([Si](C)(C)C)C1=O. The molecule has 0 saturated carbocycles. The van der Waals surface area contributed by atoms with Crippen molar-refractivity contribution in [3.63, 3.8) is 0 Å². The van der Waals surface area contributed by atoms with Gasteiger partial charge >= 0.3 is 6.03 Å². The van der Waals surface area contributed by atoms with Crippen molar-refractivity contribution in [1.82, 2.24) is 9.13 Å². The largest absolute Gasteiger partial charge is 0.352 e. The van der Waals surface area contributed by atoms with E-state index >= 15 is 0 Å². The van der Waals surface area contributed by atoms with Crippen molar-refractivity contribution in [3.8, 4) is 0 Å². The van der Waals surface area contributed by atoms with Gasteiger partial charge in [0.05, 0.1) is 5.92 Å². The van der Waals surface area contributed by atoms with E-state index in [1.165, 1.54) is 0 Å². The Balaban J connectivity index is 3.13. The maximum absolute atomic E-state index is 12.5. The molecule has 1 saturated heterocycles. The van der Waals surface area contributed by atoms with Crippen molar-refractivity contribution in [2.45, 2.75) is 46.2 Å². The molecule has 4 nitrogen and oxygen atoms in total. The molecule has 0 aromatic carbocycles. The fourth-order valence-corrected chi connectivity index (χ4v) is 5.22. The van der Waals surface area contributed by atoms with Crippen LogP contribution in [-0.2, 0) is 4.79 Å². The summed E-state index contributed by atoms with van der Waals surface area (Å²) in [6.07, 6.45) is 0. The van der Waals surface area contributed by atoms with E-state index in [-0.39, 0.29) is 17.9 Å². The van der Waals surface area contributed by atoms with Gasteiger partial charge < -0.3 is 4.57 Å². The van der Waals surface area contributed by atoms with Gasteiger partial charge in [0, 0.05) is 6.54 Å². The first kappa shape index (κ1) is 14.4. The van der Waals surface area contributed by atoms with Crippen LogP contribution < -0.4 is 0 Å². The highest BCUT2D eigenvalue weighted by Gasteiger charge is 2.46. The lowest BCUT2D eigenvalue weighted by Crippen LogP contribution is -2.68. The Morgan fingerprint density at radius 2 is 1.47 bits per heavy atom. The van der Waals surface area contributed by atoms with E-state index < -0.39 is 16.5 Å². The standard InChI is InChI=1S/C11H24N2O2Si2/c1-9-8-12(16(2,3)4)11(15)13(10(9)14)17(5,6)7/h9H,8H2,1-7H3. The average Bonchev–Trinajstić information content (AvgIpc) is 2.07. The number of amides is 3. The zero-order chi connectivity index (χ0) is 13.6. The van der Waals surface area contributed by atoms with Gasteiger partial charge in [-0.15, -0.1) is 0 Å². The van der Waals surface area contributed by atoms with Crippen LogP contribution in [0.4, 0.5) is 4.79 Å². The summed E-state index contributed by atoms with van der Waals surface area (Å²) in [5.74, 6) is -0.0465. The van der Waals surface area contributed by atoms with Crippen LogP contribution in [0, 0.1) is 5.92 Å². The van der Waals surface area contributed by atoms with Crippen molar-refractivity contribution in [3.05, 3.63) is 0 Å². The molecule has 0 spiro atoms. The normalized spacial score (nSPS) is 23.4. The minimum atomic E-state index is -1.93. The second kappa shape index (κ2) is 4.24. The molecule has 3 amide bonds. The van der Waals surface area contributed by atoms with Crippen molar-refractivity contribution in [2.75, 3.05) is 6.54 Å². The van der Waals surface area contributed by atoms with Crippen molar-refractivity contribution < 1.29 is 9.59 Å². The van der Waals surface area contributed by atoms with E-state index in [1.54, 1.807) is 4.57 Å². The number of nitrogens with zero attached hydrogens (tertiary/aromatic N) is 2. The van der Waals surface area contributed by atoms with E-state index in [9.17, 15) is 9.59 Å². The van der Waals surface area contributed by atoms with Gasteiger partial charge in [0.1, 0.15) is 0 Å². The predicted molar refractivity (Wildman–Crippen MR) is 74.8 cm³/mol. The molecule has 17 heavy (non-hydrogen) atoms. The molecule has 0 radical (unpaired) electrons. The fraction of sp³-hybridized carbons (Fsp3) is 0.818. The number of carbonyl (C=O) groups is 2. The molecule has 1 rings (SSSR count). The van der Waals surface area contributed by atoms with Gasteiger partial charge in [0.25, 0.3) is 0 Å². The zero-order valence-electron chi connectivity index (χ0n) is 12.0. The lowest BCUT2D eigenvalue weighted by Gasteiger charge is -2.47. The third-order valence-electron chi connectivity index (χ3n) is 3.00. The summed E-state index contributed by atoms with van der Waals surface area (Å²) in [5.41, 5.74) is 0. The van der Waals surface area contributed by atoms with E-state index in [1.807, 2.05) is 31.1 Å². The minimum Gasteiger partial charge on any atom is -0.352 e. The number of hydrogen-bond donors (Lipinski definition) is 0. The molecule has 6 heteroatoms. The Kier molecular flexibility index (Phi) is 3.60. The van der Waals surface area contributed by atoms with Crippen LogP contribution in [0.5, 0.6) is 0 Å². The fourth-order valence-electron chi connectivity index (χ4n) is 2.04. The highest BCUT2D eigenvalue weighted by Crippen LogP contribution is 2.26. The summed E-state index contributed by atoms with van der Waals surface area (Å²) in [5, 5.41) is 0. The number of hydrogen-bond acceptors (Lipinski definition) is 2. The van der Waals surface area contributed by atoms with Gasteiger partial charge in [-0.25, -0.2) is 4.79 Å². The number of imide groups is 1. The molecule has 1 unspecified atom stereocenters. The predicted octanol–water partition coefficient (Wildman–Crippen LogP) is 2.56. The number of carbonyl (C=O) groups excluding carboxylic acids is 2. The molecule has 0 bridgehead atoms. The van der Waals surface area contributed by atoms with E-state index in [4.69, 9.17) is 0 Å². The second-order valence-electron chi connectivity index (χ2n) is 6.81. The Labute approximate surface area is 106 Å². The molecule has 1 aliphatic rings. The minimum absolute atomic E-state index is 0.0173. The molecule has 0 N–H and O–H groups in total. The summed E-state index contributed by atoms with van der Waals surface area (Å²) in [6, 6.07) is -0.0496. The van der Waals surface area contributed by atoms with Crippen molar-refractivity contribution in [1.29, 1.82) is 0 Å². The van der Waals surface area contributed by atoms with Crippen LogP contribution in [0.1, 0.15) is 6.92 Å². The summed E-state index contributed by atoms with van der Waals surface area (Å²) < 4.78 is 3.52. The maximum Gasteiger partial charge on any atom is 0.310 e. The second-order valence-corrected chi connectivity index (χ2v) is 16.5. The molecule has 0 aliphatic carbocycles. The average molecular weight is 272 g/mol. The third-order valence-corrected chi connectivity index (χ3v) is 6.75. The lowest BCUT2D eigenvalue weighted by atomic mass is 10.1. The van der Waals surface area contributed by atoms with Crippen LogP contribution in [0.25, 0.3) is 0 Å². The summed E-state index contributed by atoms with van der Waals surface area (Å²) in [4.78, 5) is 24.7. The first-order valence-electron chi connectivity index (χ1n) is 6.12.